The van der Waals surface area contributed by atoms with Crippen molar-refractivity contribution in [3.05, 3.63) is 88.1 Å². The van der Waals surface area contributed by atoms with Crippen LogP contribution in [0.1, 0.15) is 40.4 Å². The van der Waals surface area contributed by atoms with E-state index < -0.39 is 0 Å². The van der Waals surface area contributed by atoms with E-state index in [1.165, 1.54) is 24.0 Å². The van der Waals surface area contributed by atoms with Gasteiger partial charge in [0.05, 0.1) is 11.6 Å². The molecule has 0 bridgehead atoms. The van der Waals surface area contributed by atoms with Gasteiger partial charge in [0.1, 0.15) is 0 Å². The summed E-state index contributed by atoms with van der Waals surface area (Å²) in [5, 5.41) is 7.47. The van der Waals surface area contributed by atoms with Crippen molar-refractivity contribution < 1.29 is 4.79 Å². The van der Waals surface area contributed by atoms with Gasteiger partial charge in [-0.3, -0.25) is 9.69 Å². The topological polar surface area (TPSA) is 32.3 Å². The summed E-state index contributed by atoms with van der Waals surface area (Å²) in [5.74, 6) is 0.896. The van der Waals surface area contributed by atoms with Crippen molar-refractivity contribution in [3.63, 3.8) is 0 Å². The third kappa shape index (κ3) is 5.30. The van der Waals surface area contributed by atoms with Crippen LogP contribution in [0.3, 0.4) is 0 Å². The lowest BCUT2D eigenvalue weighted by Gasteiger charge is -2.28. The number of thioether (sulfide) groups is 1. The first-order valence-electron chi connectivity index (χ1n) is 10.1. The fraction of sp³-hybridized carbons (Fsp3) is 0.292. The molecule has 1 fully saturated rings. The lowest BCUT2D eigenvalue weighted by atomic mass is 10.1. The van der Waals surface area contributed by atoms with Crippen LogP contribution in [0.4, 0.5) is 0 Å². The molecule has 1 saturated heterocycles. The summed E-state index contributed by atoms with van der Waals surface area (Å²) in [6.45, 7) is 2.83. The summed E-state index contributed by atoms with van der Waals surface area (Å²) in [6.07, 6.45) is 2.47. The van der Waals surface area contributed by atoms with E-state index in [-0.39, 0.29) is 11.9 Å². The number of carbonyl (C=O) groups is 1. The Morgan fingerprint density at radius 2 is 1.79 bits per heavy atom. The van der Waals surface area contributed by atoms with E-state index in [4.69, 9.17) is 0 Å². The highest BCUT2D eigenvalue weighted by molar-refractivity contribution is 7.98. The van der Waals surface area contributed by atoms with Crippen molar-refractivity contribution in [2.24, 2.45) is 0 Å². The second-order valence-corrected chi connectivity index (χ2v) is 9.09. The van der Waals surface area contributed by atoms with Gasteiger partial charge in [0.25, 0.3) is 5.91 Å². The third-order valence-corrected chi connectivity index (χ3v) is 7.20. The maximum Gasteiger partial charge on any atom is 0.252 e. The number of nitrogens with zero attached hydrogens (tertiary/aromatic N) is 1. The normalized spacial score (nSPS) is 15.3. The zero-order valence-corrected chi connectivity index (χ0v) is 18.1. The summed E-state index contributed by atoms with van der Waals surface area (Å²) in [5.41, 5.74) is 3.34. The molecule has 150 valence electrons. The van der Waals surface area contributed by atoms with Crippen LogP contribution in [0.25, 0.3) is 0 Å². The molecule has 0 radical (unpaired) electrons. The van der Waals surface area contributed by atoms with Crippen molar-refractivity contribution in [1.82, 2.24) is 10.2 Å². The number of thiophene rings is 1. The lowest BCUT2D eigenvalue weighted by molar-refractivity contribution is 0.0935. The van der Waals surface area contributed by atoms with E-state index in [1.54, 1.807) is 23.1 Å². The number of carbonyl (C=O) groups excluding carboxylic acids is 1. The number of hydrogen-bond acceptors (Lipinski definition) is 4. The predicted molar refractivity (Wildman–Crippen MR) is 123 cm³/mol. The Labute approximate surface area is 181 Å². The molecule has 4 rings (SSSR count). The largest absolute Gasteiger partial charge is 0.350 e. The van der Waals surface area contributed by atoms with Crippen LogP contribution in [0, 0.1) is 0 Å². The van der Waals surface area contributed by atoms with E-state index in [9.17, 15) is 4.79 Å². The van der Waals surface area contributed by atoms with Crippen molar-refractivity contribution in [2.45, 2.75) is 29.5 Å². The molecule has 1 amide bonds. The molecule has 1 aliphatic rings. The zero-order chi connectivity index (χ0) is 19.9. The molecule has 29 heavy (non-hydrogen) atoms. The minimum Gasteiger partial charge on any atom is -0.350 e. The molecule has 2 heterocycles. The van der Waals surface area contributed by atoms with Gasteiger partial charge in [0.2, 0.25) is 0 Å². The molecule has 3 nitrogen and oxygen atoms in total. The molecule has 2 aromatic carbocycles. The number of rotatable bonds is 8. The smallest absolute Gasteiger partial charge is 0.252 e. The highest BCUT2D eigenvalue weighted by Gasteiger charge is 2.24. The monoisotopic (exact) mass is 422 g/mol. The van der Waals surface area contributed by atoms with Crippen LogP contribution in [0.5, 0.6) is 0 Å². The molecule has 0 saturated carbocycles. The number of benzene rings is 2. The molecule has 3 aromatic rings. The fourth-order valence-electron chi connectivity index (χ4n) is 3.79. The minimum atomic E-state index is 0.0125. The molecular formula is C24H26N2OS2. The highest BCUT2D eigenvalue weighted by Crippen LogP contribution is 2.28. The Kier molecular flexibility index (Phi) is 7.04. The average Bonchev–Trinajstić information content (AvgIpc) is 3.48. The molecule has 1 atom stereocenters. The van der Waals surface area contributed by atoms with E-state index in [2.05, 4.69) is 51.3 Å². The second kappa shape index (κ2) is 10.1. The molecule has 5 heteroatoms. The summed E-state index contributed by atoms with van der Waals surface area (Å²) >= 11 is 3.43. The molecular weight excluding hydrogens is 396 g/mol. The Bertz CT molecular complexity index is 906. The van der Waals surface area contributed by atoms with Crippen LogP contribution in [-0.2, 0) is 5.75 Å². The number of likely N-dealkylation sites (tertiary alicyclic amines) is 1. The van der Waals surface area contributed by atoms with Gasteiger partial charge in [-0.25, -0.2) is 0 Å². The predicted octanol–water partition coefficient (Wildman–Crippen LogP) is 5.61. The summed E-state index contributed by atoms with van der Waals surface area (Å²) in [4.78, 5) is 16.6. The highest BCUT2D eigenvalue weighted by atomic mass is 32.2. The molecule has 1 N–H and O–H groups in total. The summed E-state index contributed by atoms with van der Waals surface area (Å²) in [7, 11) is 0. The van der Waals surface area contributed by atoms with Gasteiger partial charge in [-0.05, 0) is 66.0 Å². The quantitative estimate of drug-likeness (QED) is 0.479. The molecule has 0 unspecified atom stereocenters. The Hall–Kier alpha value is -2.08. The van der Waals surface area contributed by atoms with Crippen LogP contribution < -0.4 is 5.32 Å². The second-order valence-electron chi connectivity index (χ2n) is 7.30. The van der Waals surface area contributed by atoms with E-state index >= 15 is 0 Å². The summed E-state index contributed by atoms with van der Waals surface area (Å²) in [6, 6.07) is 20.8. The lowest BCUT2D eigenvalue weighted by Crippen LogP contribution is -2.37. The molecule has 0 spiro atoms. The SMILES string of the molecule is O=C(NC[C@@H](c1ccccc1)N1CCCC1)c1ccccc1SCc1ccsc1. The zero-order valence-electron chi connectivity index (χ0n) is 16.4. The average molecular weight is 423 g/mol. The Morgan fingerprint density at radius 1 is 1.03 bits per heavy atom. The van der Waals surface area contributed by atoms with Crippen LogP contribution in [0.2, 0.25) is 0 Å². The van der Waals surface area contributed by atoms with Gasteiger partial charge >= 0.3 is 0 Å². The minimum absolute atomic E-state index is 0.0125. The molecule has 1 aromatic heterocycles. The first-order chi connectivity index (χ1) is 14.3. The van der Waals surface area contributed by atoms with Crippen LogP contribution >= 0.6 is 23.1 Å². The van der Waals surface area contributed by atoms with Gasteiger partial charge in [-0.1, -0.05) is 42.5 Å². The molecule has 1 aliphatic heterocycles. The Morgan fingerprint density at radius 3 is 2.55 bits per heavy atom. The van der Waals surface area contributed by atoms with Crippen molar-refractivity contribution in [2.75, 3.05) is 19.6 Å². The fourth-order valence-corrected chi connectivity index (χ4v) is 5.55. The third-order valence-electron chi connectivity index (χ3n) is 5.33. The Balaban J connectivity index is 1.44. The van der Waals surface area contributed by atoms with Gasteiger partial charge in [0.15, 0.2) is 0 Å². The van der Waals surface area contributed by atoms with Gasteiger partial charge < -0.3 is 5.32 Å². The van der Waals surface area contributed by atoms with Gasteiger partial charge in [-0.2, -0.15) is 11.3 Å². The van der Waals surface area contributed by atoms with Crippen LogP contribution in [-0.4, -0.2) is 30.4 Å². The van der Waals surface area contributed by atoms with E-state index in [0.29, 0.717) is 6.54 Å². The number of nitrogens with one attached hydrogen (secondary N) is 1. The standard InChI is InChI=1S/C24H26N2OS2/c27-24(21-10-4-5-11-23(21)29-18-19-12-15-28-17-19)25-16-22(26-13-6-7-14-26)20-8-2-1-3-9-20/h1-5,8-12,15,17,22H,6-7,13-14,16,18H2,(H,25,27)/t22-/m0/s1. The van der Waals surface area contributed by atoms with Gasteiger partial charge in [0, 0.05) is 17.2 Å². The summed E-state index contributed by atoms with van der Waals surface area (Å²) < 4.78 is 0. The van der Waals surface area contributed by atoms with Crippen molar-refractivity contribution in [3.8, 4) is 0 Å². The van der Waals surface area contributed by atoms with Crippen molar-refractivity contribution >= 4 is 29.0 Å². The van der Waals surface area contributed by atoms with Crippen LogP contribution in [0.15, 0.2) is 76.3 Å². The maximum atomic E-state index is 13.0. The number of amides is 1. The maximum absolute atomic E-state index is 13.0. The first-order valence-corrected chi connectivity index (χ1v) is 12.0. The molecule has 0 aliphatic carbocycles. The van der Waals surface area contributed by atoms with E-state index in [1.807, 2.05) is 30.3 Å². The first kappa shape index (κ1) is 20.2. The van der Waals surface area contributed by atoms with E-state index in [0.717, 1.165) is 29.3 Å². The number of hydrogen-bond donors (Lipinski definition) is 1. The van der Waals surface area contributed by atoms with Crippen molar-refractivity contribution in [1.29, 1.82) is 0 Å². The van der Waals surface area contributed by atoms with Gasteiger partial charge in [-0.15, -0.1) is 11.8 Å².